The van der Waals surface area contributed by atoms with Crippen LogP contribution in [0.2, 0.25) is 5.02 Å². The molecule has 2 fully saturated rings. The molecule has 3 heterocycles. The van der Waals surface area contributed by atoms with Crippen LogP contribution in [0, 0.1) is 5.92 Å². The molecule has 1 aromatic heterocycles. The second-order valence-corrected chi connectivity index (χ2v) is 7.77. The molecule has 2 aliphatic rings. The molecule has 0 aromatic carbocycles. The van der Waals surface area contributed by atoms with Gasteiger partial charge in [-0.05, 0) is 57.2 Å². The van der Waals surface area contributed by atoms with Gasteiger partial charge in [0.1, 0.15) is 5.82 Å². The predicted octanol–water partition coefficient (Wildman–Crippen LogP) is 3.50. The van der Waals surface area contributed by atoms with Crippen LogP contribution in [0.15, 0.2) is 12.3 Å². The predicted molar refractivity (Wildman–Crippen MR) is 102 cm³/mol. The minimum Gasteiger partial charge on any atom is -0.368 e. The van der Waals surface area contributed by atoms with Gasteiger partial charge in [-0.3, -0.25) is 4.79 Å². The molecule has 0 atom stereocenters. The van der Waals surface area contributed by atoms with Crippen LogP contribution in [0.3, 0.4) is 0 Å². The molecule has 0 unspecified atom stereocenters. The summed E-state index contributed by atoms with van der Waals surface area (Å²) in [7, 11) is 0. The average molecular weight is 365 g/mol. The zero-order valence-corrected chi connectivity index (χ0v) is 15.9. The smallest absolute Gasteiger partial charge is 0.255 e. The number of carbonyl (C=O) groups excluding carboxylic acids is 1. The Balaban J connectivity index is 1.50. The molecule has 0 radical (unpaired) electrons. The van der Waals surface area contributed by atoms with Crippen molar-refractivity contribution in [3.63, 3.8) is 0 Å². The number of hydrogen-bond acceptors (Lipinski definition) is 4. The monoisotopic (exact) mass is 364 g/mol. The van der Waals surface area contributed by atoms with Gasteiger partial charge in [0.15, 0.2) is 0 Å². The van der Waals surface area contributed by atoms with Crippen molar-refractivity contribution >= 4 is 23.3 Å². The molecule has 5 nitrogen and oxygen atoms in total. The Labute approximate surface area is 155 Å². The van der Waals surface area contributed by atoms with E-state index in [9.17, 15) is 4.79 Å². The zero-order chi connectivity index (χ0) is 17.6. The first-order valence-electron chi connectivity index (χ1n) is 9.54. The average Bonchev–Trinajstić information content (AvgIpc) is 2.65. The number of anilines is 1. The van der Waals surface area contributed by atoms with Gasteiger partial charge in [0, 0.05) is 32.4 Å². The molecule has 0 aliphatic carbocycles. The van der Waals surface area contributed by atoms with Crippen LogP contribution in [0.1, 0.15) is 49.4 Å². The summed E-state index contributed by atoms with van der Waals surface area (Å²) in [5.41, 5.74) is 0.586. The lowest BCUT2D eigenvalue weighted by atomic mass is 9.99. The third-order valence-electron chi connectivity index (χ3n) is 5.33. The van der Waals surface area contributed by atoms with Crippen molar-refractivity contribution in [2.45, 2.75) is 39.0 Å². The maximum Gasteiger partial charge on any atom is 0.255 e. The lowest BCUT2D eigenvalue weighted by molar-refractivity contribution is 0.0724. The summed E-state index contributed by atoms with van der Waals surface area (Å²) in [6.45, 7) is 8.17. The third-order valence-corrected chi connectivity index (χ3v) is 5.62. The quantitative estimate of drug-likeness (QED) is 0.868. The Bertz CT molecular complexity index is 581. The summed E-state index contributed by atoms with van der Waals surface area (Å²) >= 11 is 6.34. The van der Waals surface area contributed by atoms with E-state index in [4.69, 9.17) is 11.6 Å². The van der Waals surface area contributed by atoms with E-state index in [-0.39, 0.29) is 5.91 Å². The fraction of sp³-hybridized carbons (Fsp3) is 0.684. The number of aromatic nitrogens is 1. The van der Waals surface area contributed by atoms with E-state index in [1.54, 1.807) is 12.3 Å². The van der Waals surface area contributed by atoms with E-state index in [1.807, 2.05) is 4.90 Å². The molecule has 1 amide bonds. The van der Waals surface area contributed by atoms with Crippen LogP contribution in [0.25, 0.3) is 0 Å². The Kier molecular flexibility index (Phi) is 6.54. The molecule has 138 valence electrons. The van der Waals surface area contributed by atoms with Crippen molar-refractivity contribution in [2.75, 3.05) is 44.6 Å². The van der Waals surface area contributed by atoms with Crippen molar-refractivity contribution in [2.24, 2.45) is 5.92 Å². The second kappa shape index (κ2) is 8.86. The van der Waals surface area contributed by atoms with Crippen molar-refractivity contribution in [1.82, 2.24) is 14.8 Å². The molecule has 1 aromatic rings. The number of piperidine rings is 2. The highest BCUT2D eigenvalue weighted by atomic mass is 35.5. The number of likely N-dealkylation sites (tertiary alicyclic amines) is 2. The van der Waals surface area contributed by atoms with Gasteiger partial charge in [0.2, 0.25) is 0 Å². The first-order valence-corrected chi connectivity index (χ1v) is 9.92. The van der Waals surface area contributed by atoms with Crippen LogP contribution < -0.4 is 5.32 Å². The number of nitrogens with zero attached hydrogens (tertiary/aromatic N) is 3. The minimum atomic E-state index is 0.0445. The minimum absolute atomic E-state index is 0.0445. The van der Waals surface area contributed by atoms with Gasteiger partial charge in [0.25, 0.3) is 5.91 Å². The molecule has 1 N–H and O–H groups in total. The molecule has 0 bridgehead atoms. The topological polar surface area (TPSA) is 48.5 Å². The van der Waals surface area contributed by atoms with Crippen molar-refractivity contribution < 1.29 is 4.79 Å². The van der Waals surface area contributed by atoms with E-state index < -0.39 is 0 Å². The van der Waals surface area contributed by atoms with Crippen molar-refractivity contribution in [3.05, 3.63) is 22.8 Å². The number of carbonyl (C=O) groups is 1. The molecular weight excluding hydrogens is 336 g/mol. The summed E-state index contributed by atoms with van der Waals surface area (Å²) in [5.74, 6) is 1.57. The van der Waals surface area contributed by atoms with Crippen molar-refractivity contribution in [1.29, 1.82) is 0 Å². The maximum absolute atomic E-state index is 12.5. The van der Waals surface area contributed by atoms with Gasteiger partial charge < -0.3 is 15.1 Å². The maximum atomic E-state index is 12.5. The second-order valence-electron chi connectivity index (χ2n) is 7.36. The summed E-state index contributed by atoms with van der Waals surface area (Å²) < 4.78 is 0. The van der Waals surface area contributed by atoms with E-state index in [0.29, 0.717) is 16.4 Å². The van der Waals surface area contributed by atoms with Crippen LogP contribution >= 0.6 is 11.6 Å². The highest BCUT2D eigenvalue weighted by Gasteiger charge is 2.19. The van der Waals surface area contributed by atoms with Gasteiger partial charge in [-0.1, -0.05) is 18.5 Å². The van der Waals surface area contributed by atoms with E-state index >= 15 is 0 Å². The number of nitrogens with one attached hydrogen (secondary N) is 1. The molecule has 0 saturated carbocycles. The number of pyridine rings is 1. The molecule has 3 rings (SSSR count). The molecule has 6 heteroatoms. The van der Waals surface area contributed by atoms with Crippen LogP contribution in [-0.2, 0) is 0 Å². The van der Waals surface area contributed by atoms with E-state index in [0.717, 1.165) is 44.9 Å². The Morgan fingerprint density at radius 3 is 2.64 bits per heavy atom. The molecule has 2 aliphatic heterocycles. The Hall–Kier alpha value is -1.33. The van der Waals surface area contributed by atoms with Gasteiger partial charge in [-0.2, -0.15) is 0 Å². The number of amides is 1. The molecule has 0 spiro atoms. The van der Waals surface area contributed by atoms with Crippen LogP contribution in [0.4, 0.5) is 5.82 Å². The van der Waals surface area contributed by atoms with E-state index in [1.165, 1.54) is 32.4 Å². The highest BCUT2D eigenvalue weighted by molar-refractivity contribution is 6.33. The van der Waals surface area contributed by atoms with Crippen molar-refractivity contribution in [3.8, 4) is 0 Å². The number of halogens is 1. The zero-order valence-electron chi connectivity index (χ0n) is 15.1. The van der Waals surface area contributed by atoms with E-state index in [2.05, 4.69) is 22.1 Å². The normalized spacial score (nSPS) is 19.8. The summed E-state index contributed by atoms with van der Waals surface area (Å²) in [6, 6.07) is 1.75. The van der Waals surface area contributed by atoms with Gasteiger partial charge >= 0.3 is 0 Å². The van der Waals surface area contributed by atoms with Gasteiger partial charge in [-0.25, -0.2) is 4.98 Å². The number of rotatable bonds is 5. The SMILES string of the molecule is CC1CCN(CCNc2ncc(C(=O)N3CCCCC3)cc2Cl)CC1. The summed E-state index contributed by atoms with van der Waals surface area (Å²) in [5, 5.41) is 3.83. The lowest BCUT2D eigenvalue weighted by Gasteiger charge is -2.30. The van der Waals surface area contributed by atoms with Crippen LogP contribution in [0.5, 0.6) is 0 Å². The summed E-state index contributed by atoms with van der Waals surface area (Å²) in [4.78, 5) is 21.3. The molecule has 25 heavy (non-hydrogen) atoms. The summed E-state index contributed by atoms with van der Waals surface area (Å²) in [6.07, 6.45) is 7.59. The number of hydrogen-bond donors (Lipinski definition) is 1. The standard InChI is InChI=1S/C19H29ClN4O/c1-15-5-10-23(11-6-15)12-7-21-18-17(20)13-16(14-22-18)19(25)24-8-3-2-4-9-24/h13-15H,2-12H2,1H3,(H,21,22). The Morgan fingerprint density at radius 1 is 1.24 bits per heavy atom. The largest absolute Gasteiger partial charge is 0.368 e. The first kappa shape index (κ1) is 18.5. The van der Waals surface area contributed by atoms with Crippen LogP contribution in [-0.4, -0.2) is 60.0 Å². The molecule has 2 saturated heterocycles. The molecular formula is C19H29ClN4O. The fourth-order valence-corrected chi connectivity index (χ4v) is 3.82. The first-order chi connectivity index (χ1) is 12.1. The van der Waals surface area contributed by atoms with Gasteiger partial charge in [0.05, 0.1) is 10.6 Å². The third kappa shape index (κ3) is 5.08. The fourth-order valence-electron chi connectivity index (χ4n) is 3.58. The Morgan fingerprint density at radius 2 is 1.96 bits per heavy atom. The lowest BCUT2D eigenvalue weighted by Crippen LogP contribution is -2.36. The highest BCUT2D eigenvalue weighted by Crippen LogP contribution is 2.22. The van der Waals surface area contributed by atoms with Gasteiger partial charge in [-0.15, -0.1) is 0 Å².